The van der Waals surface area contributed by atoms with E-state index < -0.39 is 5.91 Å². The molecule has 2 heterocycles. The van der Waals surface area contributed by atoms with Gasteiger partial charge in [0.1, 0.15) is 5.75 Å². The Labute approximate surface area is 157 Å². The lowest BCUT2D eigenvalue weighted by Gasteiger charge is -2.11. The Hall–Kier alpha value is -3.33. The lowest BCUT2D eigenvalue weighted by atomic mass is 10.2. The smallest absolute Gasteiger partial charge is 0.267 e. The van der Waals surface area contributed by atoms with Crippen LogP contribution in [0.5, 0.6) is 5.75 Å². The number of nitrogens with zero attached hydrogens (tertiary/aromatic N) is 4. The molecule has 0 saturated heterocycles. The monoisotopic (exact) mass is 381 g/mol. The number of ether oxygens (including phenoxy) is 1. The fraction of sp³-hybridized carbons (Fsp3) is 0.111. The molecule has 0 bridgehead atoms. The van der Waals surface area contributed by atoms with Gasteiger partial charge in [-0.2, -0.15) is 0 Å². The Morgan fingerprint density at radius 2 is 1.89 bits per heavy atom. The van der Waals surface area contributed by atoms with E-state index in [0.29, 0.717) is 33.3 Å². The predicted molar refractivity (Wildman–Crippen MR) is 103 cm³/mol. The third kappa shape index (κ3) is 2.91. The topological polar surface area (TPSA) is 105 Å². The molecule has 2 aromatic heterocycles. The molecular formula is C18H15N5O3S. The van der Waals surface area contributed by atoms with Crippen molar-refractivity contribution in [2.75, 3.05) is 12.9 Å². The van der Waals surface area contributed by atoms with E-state index >= 15 is 0 Å². The number of primary amides is 1. The summed E-state index contributed by atoms with van der Waals surface area (Å²) >= 11 is 1.17. The summed E-state index contributed by atoms with van der Waals surface area (Å²) in [5.74, 6) is 0.652. The first-order valence-electron chi connectivity index (χ1n) is 8.04. The van der Waals surface area contributed by atoms with Crippen LogP contribution in [0.15, 0.2) is 58.5 Å². The molecule has 0 fully saturated rings. The van der Waals surface area contributed by atoms with Crippen LogP contribution in [-0.4, -0.2) is 37.9 Å². The first-order chi connectivity index (χ1) is 13.1. The maximum Gasteiger partial charge on any atom is 0.267 e. The van der Waals surface area contributed by atoms with Crippen LogP contribution in [0.3, 0.4) is 0 Å². The number of fused-ring (bicyclic) bond motifs is 3. The summed E-state index contributed by atoms with van der Waals surface area (Å²) in [6.07, 6.45) is 0. The third-order valence-electron chi connectivity index (χ3n) is 4.07. The molecular weight excluding hydrogens is 366 g/mol. The quantitative estimate of drug-likeness (QED) is 0.527. The highest BCUT2D eigenvalue weighted by Gasteiger charge is 2.18. The molecule has 0 saturated carbocycles. The second-order valence-electron chi connectivity index (χ2n) is 5.73. The normalized spacial score (nSPS) is 11.1. The Kier molecular flexibility index (Phi) is 4.28. The van der Waals surface area contributed by atoms with E-state index in [0.717, 1.165) is 0 Å². The number of para-hydroxylation sites is 1. The van der Waals surface area contributed by atoms with Crippen LogP contribution in [-0.2, 0) is 4.79 Å². The van der Waals surface area contributed by atoms with Crippen molar-refractivity contribution >= 4 is 34.3 Å². The van der Waals surface area contributed by atoms with Gasteiger partial charge in [0.05, 0.1) is 29.5 Å². The molecule has 27 heavy (non-hydrogen) atoms. The van der Waals surface area contributed by atoms with Gasteiger partial charge in [-0.25, -0.2) is 4.57 Å². The number of amides is 1. The van der Waals surface area contributed by atoms with E-state index in [4.69, 9.17) is 10.5 Å². The van der Waals surface area contributed by atoms with Crippen LogP contribution in [0.4, 0.5) is 0 Å². The van der Waals surface area contributed by atoms with Crippen molar-refractivity contribution in [3.63, 3.8) is 0 Å². The van der Waals surface area contributed by atoms with Crippen LogP contribution in [0.2, 0.25) is 0 Å². The molecule has 8 nitrogen and oxygen atoms in total. The maximum atomic E-state index is 13.1. The standard InChI is InChI=1S/C18H15N5O3S/c1-26-12-8-6-11(7-9-12)22-16(25)13-4-2-3-5-14(13)23-17(22)20-21-18(23)27-10-15(19)24/h2-9H,10H2,1H3,(H2,19,24). The fourth-order valence-electron chi connectivity index (χ4n) is 2.87. The van der Waals surface area contributed by atoms with E-state index in [1.807, 2.05) is 12.1 Å². The van der Waals surface area contributed by atoms with Crippen LogP contribution >= 0.6 is 11.8 Å². The minimum Gasteiger partial charge on any atom is -0.497 e. The number of carbonyl (C=O) groups excluding carboxylic acids is 1. The molecule has 0 atom stereocenters. The minimum atomic E-state index is -0.454. The molecule has 0 aliphatic carbocycles. The van der Waals surface area contributed by atoms with Gasteiger partial charge < -0.3 is 10.5 Å². The zero-order chi connectivity index (χ0) is 19.0. The highest BCUT2D eigenvalue weighted by atomic mass is 32.2. The maximum absolute atomic E-state index is 13.1. The minimum absolute atomic E-state index is 0.0663. The average Bonchev–Trinajstić information content (AvgIpc) is 3.11. The summed E-state index contributed by atoms with van der Waals surface area (Å²) in [6, 6.07) is 14.3. The average molecular weight is 381 g/mol. The number of benzene rings is 2. The molecule has 9 heteroatoms. The number of carbonyl (C=O) groups is 1. The zero-order valence-electron chi connectivity index (χ0n) is 14.3. The fourth-order valence-corrected chi connectivity index (χ4v) is 3.55. The molecule has 2 N–H and O–H groups in total. The number of nitrogens with two attached hydrogens (primary N) is 1. The van der Waals surface area contributed by atoms with E-state index in [-0.39, 0.29) is 11.3 Å². The second kappa shape index (κ2) is 6.76. The Bertz CT molecular complexity index is 1210. The SMILES string of the molecule is COc1ccc(-n2c(=O)c3ccccc3n3c(SCC(N)=O)nnc23)cc1. The van der Waals surface area contributed by atoms with Gasteiger partial charge in [-0.1, -0.05) is 23.9 Å². The number of hydrogen-bond donors (Lipinski definition) is 1. The molecule has 0 unspecified atom stereocenters. The number of methoxy groups -OCH3 is 1. The Balaban J connectivity index is 2.03. The van der Waals surface area contributed by atoms with Crippen LogP contribution in [0.25, 0.3) is 22.4 Å². The van der Waals surface area contributed by atoms with E-state index in [2.05, 4.69) is 10.2 Å². The predicted octanol–water partition coefficient (Wildman–Crippen LogP) is 1.62. The third-order valence-corrected chi connectivity index (χ3v) is 5.02. The lowest BCUT2D eigenvalue weighted by molar-refractivity contribution is -0.115. The molecule has 4 rings (SSSR count). The molecule has 136 valence electrons. The van der Waals surface area contributed by atoms with Crippen molar-refractivity contribution < 1.29 is 9.53 Å². The first kappa shape index (κ1) is 17.1. The molecule has 0 spiro atoms. The van der Waals surface area contributed by atoms with Crippen molar-refractivity contribution in [1.82, 2.24) is 19.2 Å². The molecule has 1 amide bonds. The van der Waals surface area contributed by atoms with Crippen LogP contribution in [0.1, 0.15) is 0 Å². The summed E-state index contributed by atoms with van der Waals surface area (Å²) in [7, 11) is 1.58. The van der Waals surface area contributed by atoms with Gasteiger partial charge >= 0.3 is 0 Å². The number of thioether (sulfide) groups is 1. The van der Waals surface area contributed by atoms with Gasteiger partial charge in [-0.15, -0.1) is 10.2 Å². The Morgan fingerprint density at radius 3 is 2.59 bits per heavy atom. The summed E-state index contributed by atoms with van der Waals surface area (Å²) < 4.78 is 8.43. The number of aromatic nitrogens is 4. The van der Waals surface area contributed by atoms with Crippen molar-refractivity contribution in [3.8, 4) is 11.4 Å². The number of hydrogen-bond acceptors (Lipinski definition) is 6. The second-order valence-corrected chi connectivity index (χ2v) is 6.67. The van der Waals surface area contributed by atoms with Crippen molar-refractivity contribution in [3.05, 3.63) is 58.9 Å². The highest BCUT2D eigenvalue weighted by Crippen LogP contribution is 2.23. The van der Waals surface area contributed by atoms with Gasteiger partial charge in [-0.3, -0.25) is 14.0 Å². The molecule has 0 aliphatic heterocycles. The first-order valence-corrected chi connectivity index (χ1v) is 9.03. The van der Waals surface area contributed by atoms with Gasteiger partial charge in [0.2, 0.25) is 11.7 Å². The van der Waals surface area contributed by atoms with Gasteiger partial charge in [0.15, 0.2) is 5.16 Å². The summed E-state index contributed by atoms with van der Waals surface area (Å²) in [4.78, 5) is 24.3. The zero-order valence-corrected chi connectivity index (χ0v) is 15.1. The van der Waals surface area contributed by atoms with Gasteiger partial charge in [0.25, 0.3) is 5.56 Å². The van der Waals surface area contributed by atoms with Gasteiger partial charge in [-0.05, 0) is 36.4 Å². The molecule has 2 aromatic carbocycles. The highest BCUT2D eigenvalue weighted by molar-refractivity contribution is 7.99. The molecule has 0 radical (unpaired) electrons. The van der Waals surface area contributed by atoms with E-state index in [1.54, 1.807) is 47.9 Å². The van der Waals surface area contributed by atoms with Crippen molar-refractivity contribution in [2.45, 2.75) is 5.16 Å². The lowest BCUT2D eigenvalue weighted by Crippen LogP contribution is -2.22. The van der Waals surface area contributed by atoms with Crippen LogP contribution < -0.4 is 16.0 Å². The van der Waals surface area contributed by atoms with Crippen molar-refractivity contribution in [1.29, 1.82) is 0 Å². The largest absolute Gasteiger partial charge is 0.497 e. The Morgan fingerprint density at radius 1 is 1.15 bits per heavy atom. The van der Waals surface area contributed by atoms with E-state index in [1.165, 1.54) is 16.3 Å². The number of rotatable bonds is 5. The summed E-state index contributed by atoms with van der Waals surface area (Å²) in [5.41, 5.74) is 6.35. The summed E-state index contributed by atoms with van der Waals surface area (Å²) in [6.45, 7) is 0. The van der Waals surface area contributed by atoms with Crippen LogP contribution in [0, 0.1) is 0 Å². The summed E-state index contributed by atoms with van der Waals surface area (Å²) in [5, 5.41) is 9.36. The van der Waals surface area contributed by atoms with E-state index in [9.17, 15) is 9.59 Å². The van der Waals surface area contributed by atoms with Crippen molar-refractivity contribution in [2.24, 2.45) is 5.73 Å². The molecule has 4 aromatic rings. The van der Waals surface area contributed by atoms with Gasteiger partial charge in [0, 0.05) is 0 Å². The molecule has 0 aliphatic rings.